The van der Waals surface area contributed by atoms with Crippen molar-refractivity contribution in [3.63, 3.8) is 0 Å². The topological polar surface area (TPSA) is 74.5 Å². The van der Waals surface area contributed by atoms with Gasteiger partial charge in [0.2, 0.25) is 5.66 Å². The Bertz CT molecular complexity index is 222. The van der Waals surface area contributed by atoms with Gasteiger partial charge in [-0.25, -0.2) is 9.98 Å². The first-order valence-electron chi connectivity index (χ1n) is 2.48. The number of hydrogen-bond donors (Lipinski definition) is 1. The average Bonchev–Trinajstić information content (AvgIpc) is 2.13. The van der Waals surface area contributed by atoms with Crippen LogP contribution in [0, 0.1) is 11.3 Å². The molecule has 46 valence electrons. The molecule has 0 aromatic carbocycles. The highest BCUT2D eigenvalue weighted by molar-refractivity contribution is 6.30. The van der Waals surface area contributed by atoms with Gasteiger partial charge in [-0.1, -0.05) is 0 Å². The lowest BCUT2D eigenvalue weighted by molar-refractivity contribution is 0.655. The molecular formula is C5H6N4. The van der Waals surface area contributed by atoms with E-state index in [0.717, 1.165) is 0 Å². The molecular weight excluding hydrogens is 116 g/mol. The van der Waals surface area contributed by atoms with E-state index in [1.165, 1.54) is 6.21 Å². The van der Waals surface area contributed by atoms with E-state index in [4.69, 9.17) is 11.0 Å². The van der Waals surface area contributed by atoms with Gasteiger partial charge in [0.25, 0.3) is 0 Å². The first-order chi connectivity index (χ1) is 4.16. The summed E-state index contributed by atoms with van der Waals surface area (Å²) in [6.45, 7) is 1.60. The van der Waals surface area contributed by atoms with Crippen LogP contribution in [0.2, 0.25) is 0 Å². The third kappa shape index (κ3) is 0.891. The molecule has 1 aliphatic heterocycles. The number of nitriles is 1. The van der Waals surface area contributed by atoms with Crippen molar-refractivity contribution < 1.29 is 0 Å². The highest BCUT2D eigenvalue weighted by atomic mass is 15.1. The summed E-state index contributed by atoms with van der Waals surface area (Å²) in [6, 6.07) is 1.91. The molecule has 0 amide bonds. The molecule has 1 heterocycles. The number of nitrogens with two attached hydrogens (primary N) is 1. The Morgan fingerprint density at radius 1 is 1.89 bits per heavy atom. The van der Waals surface area contributed by atoms with Crippen LogP contribution in [0.5, 0.6) is 0 Å². The van der Waals surface area contributed by atoms with Gasteiger partial charge in [-0.2, -0.15) is 5.26 Å². The molecule has 1 rings (SSSR count). The fourth-order valence-electron chi connectivity index (χ4n) is 0.555. The molecule has 0 aromatic rings. The van der Waals surface area contributed by atoms with Crippen LogP contribution in [-0.2, 0) is 0 Å². The zero-order chi connectivity index (χ0) is 6.91. The van der Waals surface area contributed by atoms with Gasteiger partial charge in [0.1, 0.15) is 11.9 Å². The van der Waals surface area contributed by atoms with Gasteiger partial charge >= 0.3 is 0 Å². The van der Waals surface area contributed by atoms with E-state index in [2.05, 4.69) is 9.98 Å². The normalized spacial score (nSPS) is 31.8. The van der Waals surface area contributed by atoms with Gasteiger partial charge in [0, 0.05) is 0 Å². The maximum Gasteiger partial charge on any atom is 0.236 e. The fourth-order valence-corrected chi connectivity index (χ4v) is 0.555. The third-order valence-corrected chi connectivity index (χ3v) is 1.01. The largest absolute Gasteiger partial charge is 0.383 e. The van der Waals surface area contributed by atoms with E-state index in [1.54, 1.807) is 6.92 Å². The number of aliphatic imine (C=N–C) groups is 2. The van der Waals surface area contributed by atoms with Gasteiger partial charge in [0.15, 0.2) is 0 Å². The van der Waals surface area contributed by atoms with E-state index in [1.807, 2.05) is 6.07 Å². The van der Waals surface area contributed by atoms with Crippen LogP contribution in [0.4, 0.5) is 0 Å². The highest BCUT2D eigenvalue weighted by Gasteiger charge is 2.23. The monoisotopic (exact) mass is 122 g/mol. The van der Waals surface area contributed by atoms with Crippen molar-refractivity contribution in [2.45, 2.75) is 12.6 Å². The lowest BCUT2D eigenvalue weighted by atomic mass is 10.3. The molecule has 0 spiro atoms. The van der Waals surface area contributed by atoms with E-state index in [0.29, 0.717) is 5.84 Å². The van der Waals surface area contributed by atoms with Gasteiger partial charge in [-0.3, -0.25) is 0 Å². The third-order valence-electron chi connectivity index (χ3n) is 1.01. The van der Waals surface area contributed by atoms with E-state index >= 15 is 0 Å². The molecule has 9 heavy (non-hydrogen) atoms. The fraction of sp³-hybridized carbons (Fsp3) is 0.400. The van der Waals surface area contributed by atoms with Gasteiger partial charge < -0.3 is 5.73 Å². The highest BCUT2D eigenvalue weighted by Crippen LogP contribution is 2.12. The SMILES string of the molecule is CC1(C#N)N=CC(N)=N1. The quantitative estimate of drug-likeness (QED) is 0.477. The zero-order valence-corrected chi connectivity index (χ0v) is 5.00. The first kappa shape index (κ1) is 5.76. The molecule has 2 N–H and O–H groups in total. The lowest BCUT2D eigenvalue weighted by Crippen LogP contribution is -2.15. The lowest BCUT2D eigenvalue weighted by Gasteiger charge is -2.02. The minimum absolute atomic E-state index is 0.319. The molecule has 1 atom stereocenters. The summed E-state index contributed by atoms with van der Waals surface area (Å²) < 4.78 is 0. The Hall–Kier alpha value is -1.37. The van der Waals surface area contributed by atoms with E-state index < -0.39 is 5.66 Å². The van der Waals surface area contributed by atoms with Crippen molar-refractivity contribution >= 4 is 12.1 Å². The molecule has 0 aromatic heterocycles. The predicted molar refractivity (Wildman–Crippen MR) is 34.1 cm³/mol. The van der Waals surface area contributed by atoms with Crippen molar-refractivity contribution in [2.24, 2.45) is 15.7 Å². The molecule has 0 fully saturated rings. The first-order valence-corrected chi connectivity index (χ1v) is 2.48. The Kier molecular flexibility index (Phi) is 0.995. The number of nitrogens with zero attached hydrogens (tertiary/aromatic N) is 3. The van der Waals surface area contributed by atoms with Gasteiger partial charge in [-0.15, -0.1) is 0 Å². The van der Waals surface area contributed by atoms with E-state index in [-0.39, 0.29) is 0 Å². The van der Waals surface area contributed by atoms with Crippen LogP contribution in [-0.4, -0.2) is 17.7 Å². The van der Waals surface area contributed by atoms with Crippen LogP contribution in [0.25, 0.3) is 0 Å². The van der Waals surface area contributed by atoms with Crippen LogP contribution < -0.4 is 5.73 Å². The van der Waals surface area contributed by atoms with Gasteiger partial charge in [0.05, 0.1) is 6.21 Å². The Morgan fingerprint density at radius 3 is 2.78 bits per heavy atom. The summed E-state index contributed by atoms with van der Waals surface area (Å²) in [4.78, 5) is 7.50. The smallest absolute Gasteiger partial charge is 0.236 e. The molecule has 4 heteroatoms. The molecule has 0 bridgehead atoms. The summed E-state index contributed by atoms with van der Waals surface area (Å²) in [7, 11) is 0. The second kappa shape index (κ2) is 1.55. The molecule has 1 aliphatic rings. The van der Waals surface area contributed by atoms with Crippen LogP contribution in [0.15, 0.2) is 9.98 Å². The van der Waals surface area contributed by atoms with Crippen LogP contribution in [0.3, 0.4) is 0 Å². The summed E-state index contributed by atoms with van der Waals surface area (Å²) in [6.07, 6.45) is 1.39. The molecule has 0 radical (unpaired) electrons. The minimum Gasteiger partial charge on any atom is -0.383 e. The van der Waals surface area contributed by atoms with Crippen molar-refractivity contribution in [1.82, 2.24) is 0 Å². The van der Waals surface area contributed by atoms with Gasteiger partial charge in [-0.05, 0) is 6.92 Å². The van der Waals surface area contributed by atoms with Crippen molar-refractivity contribution in [3.8, 4) is 6.07 Å². The predicted octanol–water partition coefficient (Wildman–Crippen LogP) is -0.332. The van der Waals surface area contributed by atoms with E-state index in [9.17, 15) is 0 Å². The van der Waals surface area contributed by atoms with Crippen LogP contribution in [0.1, 0.15) is 6.92 Å². The second-order valence-electron chi connectivity index (χ2n) is 1.93. The summed E-state index contributed by atoms with van der Waals surface area (Å²) in [5.74, 6) is 0.319. The number of rotatable bonds is 0. The number of amidine groups is 1. The summed E-state index contributed by atoms with van der Waals surface area (Å²) >= 11 is 0. The van der Waals surface area contributed by atoms with Crippen molar-refractivity contribution in [3.05, 3.63) is 0 Å². The second-order valence-corrected chi connectivity index (χ2v) is 1.93. The zero-order valence-electron chi connectivity index (χ0n) is 5.00. The minimum atomic E-state index is -0.954. The molecule has 4 nitrogen and oxygen atoms in total. The van der Waals surface area contributed by atoms with Crippen molar-refractivity contribution in [2.75, 3.05) is 0 Å². The average molecular weight is 122 g/mol. The molecule has 0 saturated carbocycles. The van der Waals surface area contributed by atoms with Crippen LogP contribution >= 0.6 is 0 Å². The Labute approximate surface area is 52.7 Å². The molecule has 1 unspecified atom stereocenters. The Balaban J connectivity index is 2.94. The molecule has 0 aliphatic carbocycles. The van der Waals surface area contributed by atoms with Crippen molar-refractivity contribution in [1.29, 1.82) is 5.26 Å². The standard InChI is InChI=1S/C5H6N4/c1-5(3-6)8-2-4(7)9-5/h2H,1H3,(H2,7,9). The maximum atomic E-state index is 8.42. The number of hydrogen-bond acceptors (Lipinski definition) is 4. The summed E-state index contributed by atoms with van der Waals surface area (Å²) in [5, 5.41) is 8.42. The summed E-state index contributed by atoms with van der Waals surface area (Å²) in [5.41, 5.74) is 4.28. The maximum absolute atomic E-state index is 8.42. The molecule has 0 saturated heterocycles. The Morgan fingerprint density at radius 2 is 2.56 bits per heavy atom.